The molecule has 0 unspecified atom stereocenters. The molecule has 2 aromatic rings. The van der Waals surface area contributed by atoms with Crippen molar-refractivity contribution in [3.05, 3.63) is 50.9 Å². The van der Waals surface area contributed by atoms with Crippen LogP contribution in [-0.2, 0) is 12.7 Å². The highest BCUT2D eigenvalue weighted by Gasteiger charge is 2.38. The molecule has 0 spiro atoms. The third-order valence-electron chi connectivity index (χ3n) is 2.48. The van der Waals surface area contributed by atoms with Crippen LogP contribution in [-0.4, -0.2) is 9.97 Å². The Balaban J connectivity index is 2.35. The molecule has 0 saturated carbocycles. The minimum absolute atomic E-state index is 0.142. The van der Waals surface area contributed by atoms with Gasteiger partial charge in [-0.05, 0) is 12.1 Å². The van der Waals surface area contributed by atoms with E-state index in [-0.39, 0.29) is 12.4 Å². The summed E-state index contributed by atoms with van der Waals surface area (Å²) in [4.78, 5) is 7.74. The maximum atomic E-state index is 12.9. The van der Waals surface area contributed by atoms with Crippen molar-refractivity contribution in [1.29, 1.82) is 0 Å². The van der Waals surface area contributed by atoms with Crippen molar-refractivity contribution >= 4 is 40.6 Å². The number of pyridine rings is 2. The predicted molar refractivity (Wildman–Crippen MR) is 75.8 cm³/mol. The van der Waals surface area contributed by atoms with E-state index >= 15 is 0 Å². The quantitative estimate of drug-likeness (QED) is 0.780. The number of anilines is 1. The van der Waals surface area contributed by atoms with Gasteiger partial charge >= 0.3 is 6.18 Å². The number of halogens is 6. The molecule has 0 atom stereocenters. The minimum atomic E-state index is -4.73. The molecule has 2 heterocycles. The summed E-state index contributed by atoms with van der Waals surface area (Å²) in [5.74, 6) is -0.205. The van der Waals surface area contributed by atoms with E-state index in [1.165, 1.54) is 0 Å². The summed E-state index contributed by atoms with van der Waals surface area (Å²) in [6.07, 6.45) is -3.18. The standard InChI is InChI=1S/C12H7Cl3F3N3/c13-8-7(12(16,17)18)9(14)11(21-10(8)15)20-5-6-3-1-2-4-19-6/h1-4H,5H2,(H,20,21). The Labute approximate surface area is 133 Å². The summed E-state index contributed by atoms with van der Waals surface area (Å²) in [5, 5.41) is 0.830. The van der Waals surface area contributed by atoms with Gasteiger partial charge in [0.1, 0.15) is 5.82 Å². The fourth-order valence-electron chi connectivity index (χ4n) is 1.56. The Bertz CT molecular complexity index is 648. The van der Waals surface area contributed by atoms with E-state index in [9.17, 15) is 13.2 Å². The van der Waals surface area contributed by atoms with Gasteiger partial charge in [0.2, 0.25) is 0 Å². The van der Waals surface area contributed by atoms with Crippen molar-refractivity contribution in [3.8, 4) is 0 Å². The van der Waals surface area contributed by atoms with Crippen molar-refractivity contribution in [3.63, 3.8) is 0 Å². The van der Waals surface area contributed by atoms with Crippen LogP contribution in [0.3, 0.4) is 0 Å². The Hall–Kier alpha value is -1.24. The van der Waals surface area contributed by atoms with Gasteiger partial charge in [0.15, 0.2) is 5.15 Å². The normalized spacial score (nSPS) is 11.5. The molecule has 2 rings (SSSR count). The third-order valence-corrected chi connectivity index (χ3v) is 3.59. The average molecular weight is 357 g/mol. The Kier molecular flexibility index (Phi) is 4.81. The number of hydrogen-bond donors (Lipinski definition) is 1. The van der Waals surface area contributed by atoms with E-state index < -0.39 is 26.9 Å². The molecule has 0 aliphatic carbocycles. The van der Waals surface area contributed by atoms with Crippen molar-refractivity contribution in [2.75, 3.05) is 5.32 Å². The summed E-state index contributed by atoms with van der Waals surface area (Å²) < 4.78 is 38.8. The third kappa shape index (κ3) is 3.70. The Morgan fingerprint density at radius 3 is 2.38 bits per heavy atom. The molecule has 0 aliphatic heterocycles. The van der Waals surface area contributed by atoms with Gasteiger partial charge in [-0.25, -0.2) is 4.98 Å². The number of rotatable bonds is 3. The second-order valence-corrected chi connectivity index (χ2v) is 5.04. The minimum Gasteiger partial charge on any atom is -0.363 e. The first-order valence-electron chi connectivity index (χ1n) is 5.56. The lowest BCUT2D eigenvalue weighted by Crippen LogP contribution is -2.11. The molecule has 3 nitrogen and oxygen atoms in total. The van der Waals surface area contributed by atoms with Gasteiger partial charge in [0.05, 0.1) is 27.8 Å². The summed E-state index contributed by atoms with van der Waals surface area (Å²) in [7, 11) is 0. The van der Waals surface area contributed by atoms with Crippen LogP contribution in [0.2, 0.25) is 15.2 Å². The average Bonchev–Trinajstić information content (AvgIpc) is 2.41. The van der Waals surface area contributed by atoms with Gasteiger partial charge in [-0.1, -0.05) is 40.9 Å². The van der Waals surface area contributed by atoms with Crippen LogP contribution >= 0.6 is 34.8 Å². The van der Waals surface area contributed by atoms with Crippen molar-refractivity contribution in [2.45, 2.75) is 12.7 Å². The highest BCUT2D eigenvalue weighted by atomic mass is 35.5. The zero-order valence-electron chi connectivity index (χ0n) is 10.2. The zero-order chi connectivity index (χ0) is 15.6. The lowest BCUT2D eigenvalue weighted by atomic mass is 10.2. The van der Waals surface area contributed by atoms with E-state index in [4.69, 9.17) is 34.8 Å². The highest BCUT2D eigenvalue weighted by molar-refractivity contribution is 6.44. The monoisotopic (exact) mass is 355 g/mol. The molecule has 112 valence electrons. The molecule has 0 bridgehead atoms. The summed E-state index contributed by atoms with van der Waals surface area (Å²) >= 11 is 16.9. The number of nitrogens with zero attached hydrogens (tertiary/aromatic N) is 2. The number of alkyl halides is 3. The summed E-state index contributed by atoms with van der Waals surface area (Å²) in [5.41, 5.74) is -0.607. The molecule has 0 radical (unpaired) electrons. The SMILES string of the molecule is FC(F)(F)c1c(Cl)c(Cl)nc(NCc2ccccn2)c1Cl. The van der Waals surface area contributed by atoms with E-state index in [2.05, 4.69) is 15.3 Å². The molecule has 0 amide bonds. The van der Waals surface area contributed by atoms with E-state index in [0.29, 0.717) is 5.69 Å². The first kappa shape index (κ1) is 16.1. The van der Waals surface area contributed by atoms with Gasteiger partial charge in [-0.15, -0.1) is 0 Å². The van der Waals surface area contributed by atoms with E-state index in [1.54, 1.807) is 24.4 Å². The molecule has 0 fully saturated rings. The zero-order valence-corrected chi connectivity index (χ0v) is 12.4. The van der Waals surface area contributed by atoms with E-state index in [0.717, 1.165) is 0 Å². The molecule has 9 heteroatoms. The number of nitrogens with one attached hydrogen (secondary N) is 1. The summed E-state index contributed by atoms with van der Waals surface area (Å²) in [6.45, 7) is 0.142. The first-order chi connectivity index (χ1) is 9.80. The van der Waals surface area contributed by atoms with Crippen molar-refractivity contribution < 1.29 is 13.2 Å². The molecule has 0 saturated heterocycles. The van der Waals surface area contributed by atoms with Crippen molar-refractivity contribution in [2.24, 2.45) is 0 Å². The predicted octanol–water partition coefficient (Wildman–Crippen LogP) is 5.07. The number of hydrogen-bond acceptors (Lipinski definition) is 3. The molecule has 2 aromatic heterocycles. The van der Waals surface area contributed by atoms with Crippen molar-refractivity contribution in [1.82, 2.24) is 9.97 Å². The van der Waals surface area contributed by atoms with Gasteiger partial charge in [0, 0.05) is 6.20 Å². The van der Waals surface area contributed by atoms with Gasteiger partial charge in [-0.2, -0.15) is 13.2 Å². The van der Waals surface area contributed by atoms with Crippen LogP contribution in [0.1, 0.15) is 11.3 Å². The van der Waals surface area contributed by atoms with Crippen LogP contribution in [0.4, 0.5) is 19.0 Å². The maximum absolute atomic E-state index is 12.9. The lowest BCUT2D eigenvalue weighted by molar-refractivity contribution is -0.137. The second-order valence-electron chi connectivity index (χ2n) is 3.93. The lowest BCUT2D eigenvalue weighted by Gasteiger charge is -2.15. The topological polar surface area (TPSA) is 37.8 Å². The molecule has 0 aliphatic rings. The Morgan fingerprint density at radius 2 is 1.81 bits per heavy atom. The van der Waals surface area contributed by atoms with Gasteiger partial charge < -0.3 is 5.32 Å². The van der Waals surface area contributed by atoms with Gasteiger partial charge in [-0.3, -0.25) is 4.98 Å². The van der Waals surface area contributed by atoms with Crippen LogP contribution in [0.5, 0.6) is 0 Å². The molecular weight excluding hydrogens is 350 g/mol. The molecular formula is C12H7Cl3F3N3. The first-order valence-corrected chi connectivity index (χ1v) is 6.69. The fourth-order valence-corrected chi connectivity index (χ4v) is 2.34. The van der Waals surface area contributed by atoms with Crippen LogP contribution < -0.4 is 5.32 Å². The molecule has 0 aromatic carbocycles. The maximum Gasteiger partial charge on any atom is 0.419 e. The number of aromatic nitrogens is 2. The fraction of sp³-hybridized carbons (Fsp3) is 0.167. The van der Waals surface area contributed by atoms with Gasteiger partial charge in [0.25, 0.3) is 0 Å². The summed E-state index contributed by atoms with van der Waals surface area (Å²) in [6, 6.07) is 5.16. The molecule has 1 N–H and O–H groups in total. The highest BCUT2D eigenvalue weighted by Crippen LogP contribution is 2.44. The Morgan fingerprint density at radius 1 is 1.10 bits per heavy atom. The second kappa shape index (κ2) is 6.25. The van der Waals surface area contributed by atoms with E-state index in [1.807, 2.05) is 0 Å². The largest absolute Gasteiger partial charge is 0.419 e. The van der Waals surface area contributed by atoms with Crippen LogP contribution in [0, 0.1) is 0 Å². The van der Waals surface area contributed by atoms with Crippen LogP contribution in [0.25, 0.3) is 0 Å². The molecule has 21 heavy (non-hydrogen) atoms. The van der Waals surface area contributed by atoms with Crippen LogP contribution in [0.15, 0.2) is 24.4 Å². The smallest absolute Gasteiger partial charge is 0.363 e.